The van der Waals surface area contributed by atoms with Gasteiger partial charge in [-0.2, -0.15) is 0 Å². The Balaban J connectivity index is 0.00000484. The molecule has 2 N–H and O–H groups in total. The Morgan fingerprint density at radius 1 is 1.35 bits per heavy atom. The Labute approximate surface area is 144 Å². The van der Waals surface area contributed by atoms with E-state index in [0.29, 0.717) is 12.1 Å². The molecule has 0 fully saturated rings. The van der Waals surface area contributed by atoms with E-state index in [1.807, 2.05) is 13.8 Å². The Bertz CT molecular complexity index is 659. The fraction of sp³-hybridized carbons (Fsp3) is 0.533. The summed E-state index contributed by atoms with van der Waals surface area (Å²) in [6.45, 7) is 6.05. The molecule has 0 amide bonds. The van der Waals surface area contributed by atoms with E-state index in [1.54, 1.807) is 13.0 Å². The number of nitrogens with two attached hydrogens (primary N) is 1. The zero-order chi connectivity index (χ0) is 17.1. The number of carbonyl (C=O) groups is 1. The minimum Gasteiger partial charge on any atom is -0.465 e. The van der Waals surface area contributed by atoms with Crippen molar-refractivity contribution in [2.24, 2.45) is 11.1 Å². The SMILES string of the molecule is COC(=O)c1cccc(S(=O)(=O)N(C)CC(C)(C)CN)c1C.Cl. The van der Waals surface area contributed by atoms with E-state index < -0.39 is 16.0 Å². The van der Waals surface area contributed by atoms with Gasteiger partial charge in [-0.1, -0.05) is 19.9 Å². The normalized spacial score (nSPS) is 12.0. The standard InChI is InChI=1S/C15H24N2O4S.ClH/c1-11-12(14(18)21-5)7-6-8-13(11)22(19,20)17(4)10-15(2,3)9-16;/h6-8H,9-10,16H2,1-5H3;1H. The topological polar surface area (TPSA) is 89.7 Å². The van der Waals surface area contributed by atoms with E-state index in [1.165, 1.54) is 30.6 Å². The molecule has 0 aliphatic rings. The zero-order valence-electron chi connectivity index (χ0n) is 14.1. The lowest BCUT2D eigenvalue weighted by Gasteiger charge is -2.29. The van der Waals surface area contributed by atoms with E-state index in [2.05, 4.69) is 4.74 Å². The molecule has 0 atom stereocenters. The zero-order valence-corrected chi connectivity index (χ0v) is 15.8. The Morgan fingerprint density at radius 3 is 2.39 bits per heavy atom. The van der Waals surface area contributed by atoms with Crippen LogP contribution in [-0.2, 0) is 14.8 Å². The molecule has 0 aliphatic heterocycles. The highest BCUT2D eigenvalue weighted by Crippen LogP contribution is 2.25. The third kappa shape index (κ3) is 4.91. The summed E-state index contributed by atoms with van der Waals surface area (Å²) in [5.41, 5.74) is 5.95. The smallest absolute Gasteiger partial charge is 0.338 e. The molecule has 0 heterocycles. The third-order valence-electron chi connectivity index (χ3n) is 3.58. The fourth-order valence-electron chi connectivity index (χ4n) is 2.15. The lowest BCUT2D eigenvalue weighted by atomic mass is 9.94. The van der Waals surface area contributed by atoms with Crippen molar-refractivity contribution in [3.8, 4) is 0 Å². The highest BCUT2D eigenvalue weighted by molar-refractivity contribution is 7.89. The van der Waals surface area contributed by atoms with E-state index in [9.17, 15) is 13.2 Å². The van der Waals surface area contributed by atoms with Gasteiger partial charge in [0.2, 0.25) is 10.0 Å². The predicted octanol–water partition coefficient (Wildman–Crippen LogP) is 1.81. The molecule has 23 heavy (non-hydrogen) atoms. The first-order valence-corrected chi connectivity index (χ1v) is 8.35. The van der Waals surface area contributed by atoms with Crippen LogP contribution in [0.2, 0.25) is 0 Å². The van der Waals surface area contributed by atoms with Crippen molar-refractivity contribution < 1.29 is 17.9 Å². The van der Waals surface area contributed by atoms with Crippen LogP contribution in [0.5, 0.6) is 0 Å². The number of sulfonamides is 1. The Kier molecular flexibility index (Phi) is 7.69. The second-order valence-corrected chi connectivity index (χ2v) is 8.06. The summed E-state index contributed by atoms with van der Waals surface area (Å²) in [7, 11) is -0.934. The van der Waals surface area contributed by atoms with Gasteiger partial charge < -0.3 is 10.5 Å². The second-order valence-electron chi connectivity index (χ2n) is 6.05. The van der Waals surface area contributed by atoms with Gasteiger partial charge in [0, 0.05) is 13.6 Å². The van der Waals surface area contributed by atoms with Gasteiger partial charge >= 0.3 is 5.97 Å². The monoisotopic (exact) mass is 364 g/mol. The lowest BCUT2D eigenvalue weighted by Crippen LogP contribution is -2.40. The maximum Gasteiger partial charge on any atom is 0.338 e. The lowest BCUT2D eigenvalue weighted by molar-refractivity contribution is 0.0599. The highest BCUT2D eigenvalue weighted by Gasteiger charge is 2.29. The Hall–Kier alpha value is -1.15. The van der Waals surface area contributed by atoms with E-state index in [-0.39, 0.29) is 34.8 Å². The van der Waals surface area contributed by atoms with Crippen LogP contribution in [0.1, 0.15) is 29.8 Å². The first kappa shape index (κ1) is 21.9. The quantitative estimate of drug-likeness (QED) is 0.777. The van der Waals surface area contributed by atoms with Crippen molar-refractivity contribution in [3.05, 3.63) is 29.3 Å². The first-order chi connectivity index (χ1) is 10.1. The molecule has 0 aromatic heterocycles. The number of esters is 1. The van der Waals surface area contributed by atoms with Crippen molar-refractivity contribution >= 4 is 28.4 Å². The number of halogens is 1. The molecule has 1 aromatic rings. The van der Waals surface area contributed by atoms with Crippen LogP contribution in [0.3, 0.4) is 0 Å². The number of benzene rings is 1. The number of ether oxygens (including phenoxy) is 1. The summed E-state index contributed by atoms with van der Waals surface area (Å²) in [6, 6.07) is 4.57. The van der Waals surface area contributed by atoms with Crippen LogP contribution in [0.25, 0.3) is 0 Å². The van der Waals surface area contributed by atoms with Crippen molar-refractivity contribution in [1.82, 2.24) is 4.31 Å². The summed E-state index contributed by atoms with van der Waals surface area (Å²) in [4.78, 5) is 11.8. The maximum atomic E-state index is 12.7. The summed E-state index contributed by atoms with van der Waals surface area (Å²) in [5, 5.41) is 0. The number of nitrogens with zero attached hydrogens (tertiary/aromatic N) is 1. The van der Waals surface area contributed by atoms with Gasteiger partial charge in [0.25, 0.3) is 0 Å². The van der Waals surface area contributed by atoms with E-state index >= 15 is 0 Å². The van der Waals surface area contributed by atoms with E-state index in [4.69, 9.17) is 5.73 Å². The molecule has 0 spiro atoms. The molecular weight excluding hydrogens is 340 g/mol. The van der Waals surface area contributed by atoms with Crippen molar-refractivity contribution in [2.75, 3.05) is 27.2 Å². The van der Waals surface area contributed by atoms with Gasteiger partial charge in [-0.3, -0.25) is 0 Å². The maximum absolute atomic E-state index is 12.7. The molecule has 0 radical (unpaired) electrons. The molecule has 1 rings (SSSR count). The van der Waals surface area contributed by atoms with Crippen LogP contribution in [-0.4, -0.2) is 45.9 Å². The molecule has 0 saturated carbocycles. The van der Waals surface area contributed by atoms with Crippen molar-refractivity contribution in [1.29, 1.82) is 0 Å². The fourth-order valence-corrected chi connectivity index (χ4v) is 3.75. The number of carbonyl (C=O) groups excluding carboxylic acids is 1. The molecule has 6 nitrogen and oxygen atoms in total. The first-order valence-electron chi connectivity index (χ1n) is 6.91. The number of hydrogen-bond acceptors (Lipinski definition) is 5. The number of hydrogen-bond donors (Lipinski definition) is 1. The molecule has 0 bridgehead atoms. The van der Waals surface area contributed by atoms with Crippen LogP contribution < -0.4 is 5.73 Å². The summed E-state index contributed by atoms with van der Waals surface area (Å²) >= 11 is 0. The molecule has 132 valence electrons. The van der Waals surface area contributed by atoms with Crippen molar-refractivity contribution in [3.63, 3.8) is 0 Å². The van der Waals surface area contributed by atoms with Crippen molar-refractivity contribution in [2.45, 2.75) is 25.7 Å². The summed E-state index contributed by atoms with van der Waals surface area (Å²) in [5.74, 6) is -0.556. The molecule has 0 saturated heterocycles. The van der Waals surface area contributed by atoms with Crippen LogP contribution in [0, 0.1) is 12.3 Å². The molecular formula is C15H25ClN2O4S. The Morgan fingerprint density at radius 2 is 1.91 bits per heavy atom. The van der Waals surface area contributed by atoms with Gasteiger partial charge in [0.1, 0.15) is 0 Å². The average molecular weight is 365 g/mol. The minimum absolute atomic E-state index is 0. The number of rotatable bonds is 6. The summed E-state index contributed by atoms with van der Waals surface area (Å²) in [6.07, 6.45) is 0. The van der Waals surface area contributed by atoms with Gasteiger partial charge in [-0.05, 0) is 36.6 Å². The molecule has 1 aromatic carbocycles. The number of methoxy groups -OCH3 is 1. The van der Waals surface area contributed by atoms with Crippen LogP contribution in [0.15, 0.2) is 23.1 Å². The second kappa shape index (κ2) is 8.10. The largest absolute Gasteiger partial charge is 0.465 e. The van der Waals surface area contributed by atoms with Gasteiger partial charge in [-0.15, -0.1) is 12.4 Å². The van der Waals surface area contributed by atoms with Crippen LogP contribution >= 0.6 is 12.4 Å². The van der Waals surface area contributed by atoms with E-state index in [0.717, 1.165) is 0 Å². The van der Waals surface area contributed by atoms with Gasteiger partial charge in [0.15, 0.2) is 0 Å². The average Bonchev–Trinajstić information content (AvgIpc) is 2.46. The highest BCUT2D eigenvalue weighted by atomic mass is 35.5. The summed E-state index contributed by atoms with van der Waals surface area (Å²) < 4.78 is 31.4. The van der Waals surface area contributed by atoms with Gasteiger partial charge in [-0.25, -0.2) is 17.5 Å². The predicted molar refractivity (Wildman–Crippen MR) is 92.4 cm³/mol. The third-order valence-corrected chi connectivity index (χ3v) is 5.53. The van der Waals surface area contributed by atoms with Crippen LogP contribution in [0.4, 0.5) is 0 Å². The molecule has 0 unspecified atom stereocenters. The minimum atomic E-state index is -3.71. The molecule has 0 aliphatic carbocycles. The molecule has 8 heteroatoms. The van der Waals surface area contributed by atoms with Gasteiger partial charge in [0.05, 0.1) is 17.6 Å².